The Morgan fingerprint density at radius 2 is 1.75 bits per heavy atom. The van der Waals surface area contributed by atoms with Gasteiger partial charge < -0.3 is 14.9 Å². The Balaban J connectivity index is 2.01. The largest absolute Gasteiger partial charge is 0.508 e. The molecule has 0 unspecified atom stereocenters. The minimum absolute atomic E-state index is 0.00748. The molecule has 0 atom stereocenters. The van der Waals surface area contributed by atoms with E-state index >= 15 is 0 Å². The molecule has 3 rings (SSSR count). The van der Waals surface area contributed by atoms with E-state index in [-0.39, 0.29) is 16.7 Å². The van der Waals surface area contributed by atoms with Gasteiger partial charge in [-0.25, -0.2) is 9.97 Å². The van der Waals surface area contributed by atoms with Crippen molar-refractivity contribution in [2.24, 2.45) is 0 Å². The Labute approximate surface area is 119 Å². The third kappa shape index (κ3) is 2.31. The zero-order valence-corrected chi connectivity index (χ0v) is 10.9. The second-order valence-electron chi connectivity index (χ2n) is 4.08. The summed E-state index contributed by atoms with van der Waals surface area (Å²) in [5.74, 6) is 1.01. The summed E-state index contributed by atoms with van der Waals surface area (Å²) >= 11 is 5.95. The van der Waals surface area contributed by atoms with Crippen LogP contribution in [-0.2, 0) is 0 Å². The van der Waals surface area contributed by atoms with Crippen LogP contribution in [0.1, 0.15) is 0 Å². The fourth-order valence-corrected chi connectivity index (χ4v) is 1.94. The summed E-state index contributed by atoms with van der Waals surface area (Å²) in [5.41, 5.74) is 0.364. The van der Waals surface area contributed by atoms with Gasteiger partial charge >= 0.3 is 0 Å². The molecule has 0 amide bonds. The molecule has 2 aromatic heterocycles. The first kappa shape index (κ1) is 12.5. The van der Waals surface area contributed by atoms with Gasteiger partial charge in [0.25, 0.3) is 0 Å². The minimum Gasteiger partial charge on any atom is -0.508 e. The minimum atomic E-state index is 0.00748. The first-order chi connectivity index (χ1) is 9.63. The summed E-state index contributed by atoms with van der Waals surface area (Å²) in [7, 11) is 0. The van der Waals surface area contributed by atoms with E-state index in [1.807, 2.05) is 0 Å². The first-order valence-corrected chi connectivity index (χ1v) is 6.12. The highest BCUT2D eigenvalue weighted by Gasteiger charge is 2.09. The number of phenols is 1. The number of aromatic nitrogens is 2. The van der Waals surface area contributed by atoms with Gasteiger partial charge in [-0.1, -0.05) is 11.6 Å². The van der Waals surface area contributed by atoms with Gasteiger partial charge in [-0.15, -0.1) is 0 Å². The summed E-state index contributed by atoms with van der Waals surface area (Å²) in [6, 6.07) is 9.52. The summed E-state index contributed by atoms with van der Waals surface area (Å²) in [4.78, 5) is 8.05. The molecule has 0 bridgehead atoms. The summed E-state index contributed by atoms with van der Waals surface area (Å²) in [6.07, 6.45) is 1.27. The molecule has 100 valence electrons. The van der Waals surface area contributed by atoms with Gasteiger partial charge in [-0.05, 0) is 30.3 Å². The van der Waals surface area contributed by atoms with Gasteiger partial charge in [0, 0.05) is 11.5 Å². The lowest BCUT2D eigenvalue weighted by Crippen LogP contribution is -1.90. The number of hydrogen-bond acceptors (Lipinski definition) is 5. The van der Waals surface area contributed by atoms with Gasteiger partial charge in [0.2, 0.25) is 5.88 Å². The van der Waals surface area contributed by atoms with Crippen LogP contribution >= 0.6 is 11.6 Å². The van der Waals surface area contributed by atoms with Crippen LogP contribution in [0.5, 0.6) is 23.1 Å². The molecule has 3 aromatic rings. The Hall–Kier alpha value is -2.53. The van der Waals surface area contributed by atoms with Crippen molar-refractivity contribution < 1.29 is 14.9 Å². The number of halogens is 1. The van der Waals surface area contributed by atoms with Gasteiger partial charge in [-0.3, -0.25) is 0 Å². The van der Waals surface area contributed by atoms with Crippen LogP contribution in [0.25, 0.3) is 10.9 Å². The van der Waals surface area contributed by atoms with Gasteiger partial charge in [0.1, 0.15) is 22.8 Å². The zero-order chi connectivity index (χ0) is 14.1. The number of ether oxygens (including phenoxy) is 1. The van der Waals surface area contributed by atoms with Crippen LogP contribution in [0.4, 0.5) is 0 Å². The maximum Gasteiger partial charge on any atom is 0.219 e. The lowest BCUT2D eigenvalue weighted by molar-refractivity contribution is 0.455. The molecular formula is C14H9ClN2O3. The summed E-state index contributed by atoms with van der Waals surface area (Å²) in [6.45, 7) is 0. The fourth-order valence-electron chi connectivity index (χ4n) is 1.75. The first-order valence-electron chi connectivity index (χ1n) is 5.74. The van der Waals surface area contributed by atoms with E-state index in [9.17, 15) is 10.2 Å². The molecule has 1 aromatic carbocycles. The summed E-state index contributed by atoms with van der Waals surface area (Å²) in [5, 5.41) is 19.6. The predicted octanol–water partition coefficient (Wildman–Crippen LogP) is 3.49. The highest BCUT2D eigenvalue weighted by Crippen LogP contribution is 2.30. The quantitative estimate of drug-likeness (QED) is 0.706. The molecule has 0 aliphatic carbocycles. The van der Waals surface area contributed by atoms with Gasteiger partial charge in [0.05, 0.1) is 6.20 Å². The number of pyridine rings is 2. The summed E-state index contributed by atoms with van der Waals surface area (Å²) < 4.78 is 5.55. The molecule has 20 heavy (non-hydrogen) atoms. The van der Waals surface area contributed by atoms with Gasteiger partial charge in [-0.2, -0.15) is 0 Å². The van der Waals surface area contributed by atoms with Crippen LogP contribution in [0.15, 0.2) is 42.6 Å². The van der Waals surface area contributed by atoms with Crippen molar-refractivity contribution in [3.63, 3.8) is 0 Å². The van der Waals surface area contributed by atoms with E-state index in [2.05, 4.69) is 9.97 Å². The molecule has 0 aliphatic heterocycles. The maximum absolute atomic E-state index is 9.68. The monoisotopic (exact) mass is 288 g/mol. The van der Waals surface area contributed by atoms with Crippen molar-refractivity contribution in [2.45, 2.75) is 0 Å². The van der Waals surface area contributed by atoms with Crippen LogP contribution in [0, 0.1) is 0 Å². The van der Waals surface area contributed by atoms with Crippen molar-refractivity contribution in [1.82, 2.24) is 9.97 Å². The Morgan fingerprint density at radius 1 is 1.00 bits per heavy atom. The van der Waals surface area contributed by atoms with Crippen molar-refractivity contribution in [2.75, 3.05) is 0 Å². The second-order valence-corrected chi connectivity index (χ2v) is 4.43. The van der Waals surface area contributed by atoms with Crippen LogP contribution in [0.3, 0.4) is 0 Å². The maximum atomic E-state index is 9.68. The number of fused-ring (bicyclic) bond motifs is 1. The van der Waals surface area contributed by atoms with Crippen LogP contribution in [-0.4, -0.2) is 20.2 Å². The van der Waals surface area contributed by atoms with Gasteiger partial charge in [0.15, 0.2) is 5.15 Å². The van der Waals surface area contributed by atoms with Crippen molar-refractivity contribution in [3.05, 3.63) is 47.7 Å². The van der Waals surface area contributed by atoms with Crippen LogP contribution < -0.4 is 4.74 Å². The third-order valence-electron chi connectivity index (χ3n) is 2.70. The molecule has 0 aliphatic rings. The molecule has 0 spiro atoms. The average Bonchev–Trinajstić information content (AvgIpc) is 2.46. The third-order valence-corrected chi connectivity index (χ3v) is 2.98. The average molecular weight is 289 g/mol. The normalized spacial score (nSPS) is 10.7. The predicted molar refractivity (Wildman–Crippen MR) is 74.4 cm³/mol. The molecule has 0 fully saturated rings. The standard InChI is InChI=1S/C14H9ClN2O3/c15-14-13-10(11(19)7-16-14)5-6-12(17-13)20-9-3-1-8(18)2-4-9/h1-7,18-19H. The van der Waals surface area contributed by atoms with E-state index in [0.717, 1.165) is 0 Å². The lowest BCUT2D eigenvalue weighted by atomic mass is 10.2. The molecule has 2 N–H and O–H groups in total. The van der Waals surface area contributed by atoms with Crippen molar-refractivity contribution in [3.8, 4) is 23.1 Å². The molecule has 0 saturated heterocycles. The zero-order valence-electron chi connectivity index (χ0n) is 10.1. The second kappa shape index (κ2) is 4.86. The highest BCUT2D eigenvalue weighted by atomic mass is 35.5. The van der Waals surface area contributed by atoms with Crippen LogP contribution in [0.2, 0.25) is 5.15 Å². The Morgan fingerprint density at radius 3 is 2.50 bits per heavy atom. The van der Waals surface area contributed by atoms with E-state index in [1.54, 1.807) is 24.3 Å². The number of benzene rings is 1. The Bertz CT molecular complexity index is 775. The topological polar surface area (TPSA) is 75.5 Å². The van der Waals surface area contributed by atoms with Crippen molar-refractivity contribution >= 4 is 22.5 Å². The number of phenolic OH excluding ortho intramolecular Hbond substituents is 1. The highest BCUT2D eigenvalue weighted by molar-refractivity contribution is 6.33. The molecule has 0 radical (unpaired) electrons. The lowest BCUT2D eigenvalue weighted by Gasteiger charge is -2.07. The van der Waals surface area contributed by atoms with E-state index in [4.69, 9.17) is 16.3 Å². The molecule has 5 nitrogen and oxygen atoms in total. The molecular weight excluding hydrogens is 280 g/mol. The number of hydrogen-bond donors (Lipinski definition) is 2. The number of aromatic hydroxyl groups is 2. The number of nitrogens with zero attached hydrogens (tertiary/aromatic N) is 2. The fraction of sp³-hybridized carbons (Fsp3) is 0. The number of rotatable bonds is 2. The molecule has 2 heterocycles. The van der Waals surface area contributed by atoms with Crippen molar-refractivity contribution in [1.29, 1.82) is 0 Å². The Kier molecular flexibility index (Phi) is 3.04. The molecule has 0 saturated carbocycles. The van der Waals surface area contributed by atoms with E-state index < -0.39 is 0 Å². The molecule has 6 heteroatoms. The van der Waals surface area contributed by atoms with E-state index in [0.29, 0.717) is 22.5 Å². The smallest absolute Gasteiger partial charge is 0.219 e. The van der Waals surface area contributed by atoms with E-state index in [1.165, 1.54) is 18.3 Å². The SMILES string of the molecule is Oc1ccc(Oc2ccc3c(O)cnc(Cl)c3n2)cc1.